The molecule has 1 aromatic heterocycles. The molecule has 286 valence electrons. The molecule has 4 N–H and O–H groups in total. The number of amides is 1. The van der Waals surface area contributed by atoms with Crippen molar-refractivity contribution in [2.75, 3.05) is 12.3 Å². The van der Waals surface area contributed by atoms with Crippen LogP contribution in [-0.4, -0.2) is 57.2 Å². The predicted molar refractivity (Wildman–Crippen MR) is 195 cm³/mol. The van der Waals surface area contributed by atoms with Gasteiger partial charge in [0.2, 0.25) is 0 Å². The molecule has 15 nitrogen and oxygen atoms in total. The Kier molecular flexibility index (Phi) is 9.05. The van der Waals surface area contributed by atoms with Crippen LogP contribution in [0.2, 0.25) is 0 Å². The predicted octanol–water partition coefficient (Wildman–Crippen LogP) is 4.37. The molecule has 1 spiro atoms. The molecular formula is C40H40N4O11. The second kappa shape index (κ2) is 13.4. The van der Waals surface area contributed by atoms with Gasteiger partial charge in [-0.25, -0.2) is 9.59 Å². The number of aliphatic hydroxyl groups is 1. The summed E-state index contributed by atoms with van der Waals surface area (Å²) in [6.07, 6.45) is -0.0780. The van der Waals surface area contributed by atoms with E-state index in [0.717, 1.165) is 0 Å². The molecule has 1 amide bonds. The molecular weight excluding hydrogens is 712 g/mol. The lowest BCUT2D eigenvalue weighted by Gasteiger charge is -2.36. The topological polar surface area (TPSA) is 208 Å². The average Bonchev–Trinajstić information content (AvgIpc) is 3.65. The monoisotopic (exact) mass is 752 g/mol. The lowest BCUT2D eigenvalue weighted by Crippen LogP contribution is -2.42. The number of anilines is 1. The molecule has 3 aliphatic heterocycles. The van der Waals surface area contributed by atoms with E-state index in [2.05, 4.69) is 10.3 Å². The molecule has 55 heavy (non-hydrogen) atoms. The van der Waals surface area contributed by atoms with Crippen LogP contribution >= 0.6 is 0 Å². The summed E-state index contributed by atoms with van der Waals surface area (Å²) in [4.78, 5) is 69.2. The molecule has 7 rings (SSSR count). The summed E-state index contributed by atoms with van der Waals surface area (Å²) < 4.78 is 31.0. The quantitative estimate of drug-likeness (QED) is 0.185. The number of hydrogen-bond donors (Lipinski definition) is 3. The first-order valence-electron chi connectivity index (χ1n) is 17.6. The van der Waals surface area contributed by atoms with E-state index in [0.29, 0.717) is 16.7 Å². The van der Waals surface area contributed by atoms with E-state index in [1.54, 1.807) is 77.9 Å². The minimum Gasteiger partial charge on any atom is -0.456 e. The summed E-state index contributed by atoms with van der Waals surface area (Å²) in [5.74, 6) is -1.35. The third-order valence-corrected chi connectivity index (χ3v) is 9.55. The minimum atomic E-state index is -1.57. The molecule has 3 aliphatic rings. The van der Waals surface area contributed by atoms with Crippen LogP contribution in [-0.2, 0) is 24.7 Å². The van der Waals surface area contributed by atoms with Gasteiger partial charge in [-0.3, -0.25) is 19.0 Å². The van der Waals surface area contributed by atoms with Crippen LogP contribution < -0.4 is 31.0 Å². The standard InChI is InChI=1S/C40H40N4O11/c1-38(2,3)35(48)51-21-8-11-25-28(16-21)53-29-17-22(52-36(49)39(4,5)6)9-12-26(29)40(25)24-10-7-20(15-23(24)34(47)55-40)33(46)42-27-18-32(54-30(27)19-45)44-14-13-31(41)43-37(44)50/h7-17,27,30,32,45H,18-19H2,1-6H3,(H,42,46)(H2,41,43,50)/t27-,30+,32+/m0/s1. The number of nitrogens with one attached hydrogen (secondary N) is 1. The number of nitrogens with zero attached hydrogens (tertiary/aromatic N) is 2. The average molecular weight is 753 g/mol. The zero-order chi connectivity index (χ0) is 39.6. The minimum absolute atomic E-state index is 0.0464. The second-order valence-corrected chi connectivity index (χ2v) is 15.7. The van der Waals surface area contributed by atoms with Crippen LogP contribution in [0.1, 0.15) is 91.6 Å². The molecule has 0 radical (unpaired) electrons. The Balaban J connectivity index is 1.24. The number of nitrogens with two attached hydrogens (primary N) is 1. The van der Waals surface area contributed by atoms with Gasteiger partial charge in [0.15, 0.2) is 5.60 Å². The first-order chi connectivity index (χ1) is 25.9. The molecule has 15 heteroatoms. The van der Waals surface area contributed by atoms with Crippen LogP contribution in [0.25, 0.3) is 0 Å². The maximum atomic E-state index is 13.8. The Labute approximate surface area is 315 Å². The van der Waals surface area contributed by atoms with E-state index in [4.69, 9.17) is 29.4 Å². The summed E-state index contributed by atoms with van der Waals surface area (Å²) in [5.41, 5.74) is 3.31. The largest absolute Gasteiger partial charge is 0.456 e. The molecule has 4 heterocycles. The van der Waals surface area contributed by atoms with E-state index in [1.165, 1.54) is 35.0 Å². The van der Waals surface area contributed by atoms with Crippen molar-refractivity contribution in [1.29, 1.82) is 0 Å². The Morgan fingerprint density at radius 2 is 1.47 bits per heavy atom. The summed E-state index contributed by atoms with van der Waals surface area (Å²) in [6, 6.07) is 14.8. The van der Waals surface area contributed by atoms with Gasteiger partial charge in [-0.05, 0) is 84.0 Å². The van der Waals surface area contributed by atoms with Crippen molar-refractivity contribution in [3.63, 3.8) is 0 Å². The van der Waals surface area contributed by atoms with Crippen LogP contribution in [0.4, 0.5) is 5.82 Å². The van der Waals surface area contributed by atoms with Crippen LogP contribution in [0.15, 0.2) is 71.7 Å². The van der Waals surface area contributed by atoms with Crippen molar-refractivity contribution in [2.24, 2.45) is 10.8 Å². The van der Waals surface area contributed by atoms with Crippen molar-refractivity contribution >= 4 is 29.6 Å². The highest BCUT2D eigenvalue weighted by Gasteiger charge is 2.54. The molecule has 3 atom stereocenters. The number of carbonyl (C=O) groups excluding carboxylic acids is 4. The third-order valence-electron chi connectivity index (χ3n) is 9.55. The Morgan fingerprint density at radius 1 is 0.891 bits per heavy atom. The summed E-state index contributed by atoms with van der Waals surface area (Å²) in [7, 11) is 0. The molecule has 0 bridgehead atoms. The number of benzene rings is 3. The smallest absolute Gasteiger partial charge is 0.351 e. The molecule has 1 fully saturated rings. The number of esters is 3. The van der Waals surface area contributed by atoms with Gasteiger partial charge in [-0.15, -0.1) is 0 Å². The van der Waals surface area contributed by atoms with Gasteiger partial charge in [-0.1, -0.05) is 6.07 Å². The van der Waals surface area contributed by atoms with Crippen molar-refractivity contribution < 1.29 is 48.0 Å². The van der Waals surface area contributed by atoms with Crippen LogP contribution in [0, 0.1) is 10.8 Å². The fourth-order valence-electron chi connectivity index (χ4n) is 6.60. The number of hydrogen-bond acceptors (Lipinski definition) is 13. The van der Waals surface area contributed by atoms with Gasteiger partial charge in [0.25, 0.3) is 5.91 Å². The summed E-state index contributed by atoms with van der Waals surface area (Å²) in [5, 5.41) is 12.9. The van der Waals surface area contributed by atoms with Gasteiger partial charge in [0, 0.05) is 47.0 Å². The van der Waals surface area contributed by atoms with E-state index >= 15 is 0 Å². The highest BCUT2D eigenvalue weighted by molar-refractivity contribution is 6.02. The number of nitrogen functional groups attached to an aromatic ring is 1. The van der Waals surface area contributed by atoms with E-state index in [-0.39, 0.29) is 46.4 Å². The number of aromatic nitrogens is 2. The summed E-state index contributed by atoms with van der Waals surface area (Å²) >= 11 is 0. The number of ether oxygens (including phenoxy) is 5. The van der Waals surface area contributed by atoms with Gasteiger partial charge in [0.1, 0.15) is 41.1 Å². The van der Waals surface area contributed by atoms with Crippen molar-refractivity contribution in [1.82, 2.24) is 14.9 Å². The van der Waals surface area contributed by atoms with Gasteiger partial charge in [-0.2, -0.15) is 4.98 Å². The van der Waals surface area contributed by atoms with Crippen molar-refractivity contribution in [3.8, 4) is 23.0 Å². The zero-order valence-corrected chi connectivity index (χ0v) is 31.0. The molecule has 0 saturated carbocycles. The lowest BCUT2D eigenvalue weighted by atomic mass is 9.77. The third kappa shape index (κ3) is 6.69. The molecule has 1 saturated heterocycles. The van der Waals surface area contributed by atoms with E-state index in [9.17, 15) is 29.1 Å². The van der Waals surface area contributed by atoms with Crippen LogP contribution in [0.3, 0.4) is 0 Å². The fourth-order valence-corrected chi connectivity index (χ4v) is 6.60. The molecule has 3 aromatic carbocycles. The molecule has 0 aliphatic carbocycles. The Bertz CT molecular complexity index is 2240. The number of carbonyl (C=O) groups is 4. The number of aliphatic hydroxyl groups excluding tert-OH is 1. The number of rotatable bonds is 6. The van der Waals surface area contributed by atoms with Crippen molar-refractivity contribution in [3.05, 3.63) is 105 Å². The molecule has 4 aromatic rings. The first-order valence-corrected chi connectivity index (χ1v) is 17.6. The fraction of sp³-hybridized carbons (Fsp3) is 0.350. The van der Waals surface area contributed by atoms with Gasteiger partial charge in [0.05, 0.1) is 29.0 Å². The Hall–Kier alpha value is -6.06. The van der Waals surface area contributed by atoms with E-state index < -0.39 is 70.9 Å². The molecule has 0 unspecified atom stereocenters. The van der Waals surface area contributed by atoms with Gasteiger partial charge < -0.3 is 39.8 Å². The summed E-state index contributed by atoms with van der Waals surface area (Å²) in [6.45, 7) is 9.92. The maximum Gasteiger partial charge on any atom is 0.351 e. The normalized spacial score (nSPS) is 19.4. The second-order valence-electron chi connectivity index (χ2n) is 15.7. The number of fused-ring (bicyclic) bond motifs is 6. The van der Waals surface area contributed by atoms with Crippen molar-refractivity contribution in [2.45, 2.75) is 71.9 Å². The SMILES string of the molecule is CC(C)(C)C(=O)Oc1ccc2c(c1)Oc1cc(OC(=O)C(C)(C)C)ccc1C21OC(=O)c2cc(C(=O)N[C@H]3C[C@H](n4ccc(N)nc4=O)O[C@@H]3CO)ccc21. The lowest BCUT2D eigenvalue weighted by molar-refractivity contribution is -0.143. The van der Waals surface area contributed by atoms with E-state index in [1.807, 2.05) is 0 Å². The maximum absolute atomic E-state index is 13.8. The zero-order valence-electron chi connectivity index (χ0n) is 31.0. The highest BCUT2D eigenvalue weighted by atomic mass is 16.6. The van der Waals surface area contributed by atoms with Gasteiger partial charge >= 0.3 is 23.6 Å². The van der Waals surface area contributed by atoms with Crippen LogP contribution in [0.5, 0.6) is 23.0 Å². The Morgan fingerprint density at radius 3 is 2.02 bits per heavy atom. The first kappa shape index (κ1) is 37.3. The highest BCUT2D eigenvalue weighted by Crippen LogP contribution is 2.57.